The van der Waals surface area contributed by atoms with Crippen molar-refractivity contribution in [2.75, 3.05) is 5.73 Å². The monoisotopic (exact) mass is 218 g/mol. The molecular formula is C12H14N2O2. The summed E-state index contributed by atoms with van der Waals surface area (Å²) in [7, 11) is 0. The zero-order valence-corrected chi connectivity index (χ0v) is 9.14. The van der Waals surface area contributed by atoms with E-state index in [2.05, 4.69) is 11.9 Å². The molecule has 1 aliphatic rings. The Bertz CT molecular complexity index is 521. The first-order valence-electron chi connectivity index (χ1n) is 5.54. The number of hydrogen-bond donors (Lipinski definition) is 1. The predicted octanol–water partition coefficient (Wildman–Crippen LogP) is 2.65. The number of nitrogens with two attached hydrogens (primary N) is 1. The van der Waals surface area contributed by atoms with Crippen LogP contribution in [0.5, 0.6) is 0 Å². The van der Waals surface area contributed by atoms with E-state index in [1.165, 1.54) is 0 Å². The van der Waals surface area contributed by atoms with E-state index in [0.29, 0.717) is 11.6 Å². The zero-order chi connectivity index (χ0) is 11.1. The number of nitrogens with zero attached hydrogens (tertiary/aromatic N) is 1. The van der Waals surface area contributed by atoms with E-state index in [0.717, 1.165) is 23.9 Å². The first-order valence-corrected chi connectivity index (χ1v) is 5.54. The van der Waals surface area contributed by atoms with Crippen LogP contribution in [0.15, 0.2) is 22.6 Å². The van der Waals surface area contributed by atoms with Crippen LogP contribution >= 0.6 is 0 Å². The smallest absolute Gasteiger partial charge is 0.224 e. The average molecular weight is 218 g/mol. The van der Waals surface area contributed by atoms with Gasteiger partial charge in [-0.1, -0.05) is 6.07 Å². The van der Waals surface area contributed by atoms with Crippen molar-refractivity contribution in [2.45, 2.75) is 32.0 Å². The highest BCUT2D eigenvalue weighted by atomic mass is 16.5. The standard InChI is InChI=1S/C12H14N2O2/c1-7-5-6-10(15-7)12-14-11-8(13)3-2-4-9(11)16-12/h2-4,7,10H,5-6,13H2,1H3. The van der Waals surface area contributed by atoms with Crippen LogP contribution in [0.4, 0.5) is 5.69 Å². The van der Waals surface area contributed by atoms with E-state index in [1.54, 1.807) is 0 Å². The van der Waals surface area contributed by atoms with Crippen molar-refractivity contribution in [3.05, 3.63) is 24.1 Å². The summed E-state index contributed by atoms with van der Waals surface area (Å²) in [4.78, 5) is 4.41. The Morgan fingerprint density at radius 3 is 2.94 bits per heavy atom. The molecule has 0 amide bonds. The van der Waals surface area contributed by atoms with Gasteiger partial charge >= 0.3 is 0 Å². The molecule has 0 spiro atoms. The highest BCUT2D eigenvalue weighted by Crippen LogP contribution is 2.34. The van der Waals surface area contributed by atoms with E-state index in [1.807, 2.05) is 18.2 Å². The van der Waals surface area contributed by atoms with Gasteiger partial charge in [0, 0.05) is 0 Å². The molecule has 4 nitrogen and oxygen atoms in total. The topological polar surface area (TPSA) is 61.3 Å². The lowest BCUT2D eigenvalue weighted by Gasteiger charge is -2.05. The predicted molar refractivity (Wildman–Crippen MR) is 60.9 cm³/mol. The van der Waals surface area contributed by atoms with Crippen LogP contribution in [0.25, 0.3) is 11.1 Å². The van der Waals surface area contributed by atoms with Crippen molar-refractivity contribution in [2.24, 2.45) is 0 Å². The van der Waals surface area contributed by atoms with Gasteiger partial charge in [0.2, 0.25) is 5.89 Å². The van der Waals surface area contributed by atoms with Gasteiger partial charge in [-0.2, -0.15) is 0 Å². The largest absolute Gasteiger partial charge is 0.438 e. The maximum Gasteiger partial charge on any atom is 0.224 e. The summed E-state index contributed by atoms with van der Waals surface area (Å²) in [6, 6.07) is 5.57. The van der Waals surface area contributed by atoms with Crippen molar-refractivity contribution < 1.29 is 9.15 Å². The zero-order valence-electron chi connectivity index (χ0n) is 9.14. The molecule has 84 valence electrons. The fourth-order valence-corrected chi connectivity index (χ4v) is 2.11. The van der Waals surface area contributed by atoms with Gasteiger partial charge in [-0.25, -0.2) is 4.98 Å². The molecule has 0 bridgehead atoms. The van der Waals surface area contributed by atoms with Crippen molar-refractivity contribution in [1.29, 1.82) is 0 Å². The molecule has 0 saturated carbocycles. The van der Waals surface area contributed by atoms with Crippen molar-refractivity contribution >= 4 is 16.8 Å². The SMILES string of the molecule is CC1CCC(c2nc3c(N)cccc3o2)O1. The fourth-order valence-electron chi connectivity index (χ4n) is 2.11. The number of aromatic nitrogens is 1. The lowest BCUT2D eigenvalue weighted by molar-refractivity contribution is 0.0401. The quantitative estimate of drug-likeness (QED) is 0.747. The molecule has 1 aromatic heterocycles. The lowest BCUT2D eigenvalue weighted by Crippen LogP contribution is -2.01. The van der Waals surface area contributed by atoms with Gasteiger partial charge < -0.3 is 14.9 Å². The second kappa shape index (κ2) is 3.49. The number of fused-ring (bicyclic) bond motifs is 1. The second-order valence-electron chi connectivity index (χ2n) is 4.26. The van der Waals surface area contributed by atoms with Crippen molar-refractivity contribution in [1.82, 2.24) is 4.98 Å². The maximum atomic E-state index is 5.83. The molecular weight excluding hydrogens is 204 g/mol. The Morgan fingerprint density at radius 2 is 2.25 bits per heavy atom. The minimum Gasteiger partial charge on any atom is -0.438 e. The van der Waals surface area contributed by atoms with Crippen molar-refractivity contribution in [3.63, 3.8) is 0 Å². The molecule has 1 saturated heterocycles. The molecule has 4 heteroatoms. The van der Waals surface area contributed by atoms with Crippen LogP contribution in [-0.2, 0) is 4.74 Å². The molecule has 2 atom stereocenters. The van der Waals surface area contributed by atoms with E-state index in [-0.39, 0.29) is 12.2 Å². The van der Waals surface area contributed by atoms with Gasteiger partial charge in [0.1, 0.15) is 11.6 Å². The molecule has 1 fully saturated rings. The summed E-state index contributed by atoms with van der Waals surface area (Å²) in [5.74, 6) is 0.650. The highest BCUT2D eigenvalue weighted by Gasteiger charge is 2.27. The number of anilines is 1. The molecule has 0 aliphatic carbocycles. The summed E-state index contributed by atoms with van der Waals surface area (Å²) in [6.45, 7) is 2.07. The third kappa shape index (κ3) is 1.46. The summed E-state index contributed by atoms with van der Waals surface area (Å²) >= 11 is 0. The molecule has 2 heterocycles. The van der Waals surface area contributed by atoms with Gasteiger partial charge in [-0.15, -0.1) is 0 Å². The van der Waals surface area contributed by atoms with E-state index < -0.39 is 0 Å². The number of para-hydroxylation sites is 1. The normalized spacial score (nSPS) is 25.3. The minimum atomic E-state index is -0.0122. The van der Waals surface area contributed by atoms with Crippen LogP contribution in [0.1, 0.15) is 31.8 Å². The summed E-state index contributed by atoms with van der Waals surface area (Å²) < 4.78 is 11.4. The van der Waals surface area contributed by atoms with Crippen LogP contribution in [-0.4, -0.2) is 11.1 Å². The number of nitrogen functional groups attached to an aromatic ring is 1. The van der Waals surface area contributed by atoms with E-state index in [4.69, 9.17) is 14.9 Å². The van der Waals surface area contributed by atoms with E-state index >= 15 is 0 Å². The molecule has 2 N–H and O–H groups in total. The van der Waals surface area contributed by atoms with Gasteiger partial charge in [0.25, 0.3) is 0 Å². The Labute approximate surface area is 93.4 Å². The Morgan fingerprint density at radius 1 is 1.38 bits per heavy atom. The minimum absolute atomic E-state index is 0.0122. The molecule has 0 radical (unpaired) electrons. The van der Waals surface area contributed by atoms with Crippen molar-refractivity contribution in [3.8, 4) is 0 Å². The first-order chi connectivity index (χ1) is 7.74. The number of oxazole rings is 1. The van der Waals surface area contributed by atoms with Crippen LogP contribution < -0.4 is 5.73 Å². The number of rotatable bonds is 1. The Balaban J connectivity index is 2.02. The van der Waals surface area contributed by atoms with E-state index in [9.17, 15) is 0 Å². The third-order valence-corrected chi connectivity index (χ3v) is 2.97. The molecule has 1 aromatic carbocycles. The maximum absolute atomic E-state index is 5.83. The third-order valence-electron chi connectivity index (χ3n) is 2.97. The van der Waals surface area contributed by atoms with Gasteiger partial charge in [0.05, 0.1) is 11.8 Å². The number of benzene rings is 1. The summed E-state index contributed by atoms with van der Waals surface area (Å²) in [6.07, 6.45) is 2.30. The first kappa shape index (κ1) is 9.66. The molecule has 2 unspecified atom stereocenters. The Hall–Kier alpha value is -1.55. The fraction of sp³-hybridized carbons (Fsp3) is 0.417. The molecule has 1 aliphatic heterocycles. The summed E-state index contributed by atoms with van der Waals surface area (Å²) in [5, 5.41) is 0. The van der Waals surface area contributed by atoms with Crippen LogP contribution in [0.3, 0.4) is 0 Å². The second-order valence-corrected chi connectivity index (χ2v) is 4.26. The lowest BCUT2D eigenvalue weighted by atomic mass is 10.2. The summed E-state index contributed by atoms with van der Waals surface area (Å²) in [5.41, 5.74) is 7.95. The number of ether oxygens (including phenoxy) is 1. The van der Waals surface area contributed by atoms with Gasteiger partial charge in [0.15, 0.2) is 5.58 Å². The Kier molecular flexibility index (Phi) is 2.11. The molecule has 16 heavy (non-hydrogen) atoms. The highest BCUT2D eigenvalue weighted by molar-refractivity contribution is 5.85. The average Bonchev–Trinajstić information content (AvgIpc) is 2.84. The molecule has 2 aromatic rings. The van der Waals surface area contributed by atoms with Crippen LogP contribution in [0.2, 0.25) is 0 Å². The van der Waals surface area contributed by atoms with Gasteiger partial charge in [-0.05, 0) is 31.9 Å². The van der Waals surface area contributed by atoms with Gasteiger partial charge in [-0.3, -0.25) is 0 Å². The molecule has 3 rings (SSSR count). The number of hydrogen-bond acceptors (Lipinski definition) is 4. The van der Waals surface area contributed by atoms with Crippen LogP contribution in [0, 0.1) is 0 Å².